The van der Waals surface area contributed by atoms with Gasteiger partial charge in [0, 0.05) is 41.9 Å². The smallest absolute Gasteiger partial charge is 0.316 e. The molecule has 3 aromatic heterocycles. The van der Waals surface area contributed by atoms with Gasteiger partial charge in [0.15, 0.2) is 5.65 Å². The molecule has 9 heteroatoms. The molecule has 1 aliphatic rings. The van der Waals surface area contributed by atoms with Crippen LogP contribution in [0.25, 0.3) is 16.8 Å². The SMILES string of the molecule is CCOc1ncc(-c2cnc(CCc3c(F)ccc4c3CCO4)n3cnnc23)c(C)n1. The van der Waals surface area contributed by atoms with Gasteiger partial charge in [-0.1, -0.05) is 0 Å². The van der Waals surface area contributed by atoms with Gasteiger partial charge in [0.2, 0.25) is 0 Å². The molecule has 158 valence electrons. The standard InChI is InChI=1S/C22H21FN6O2/c1-3-30-22-25-10-16(13(2)27-22)17-11-24-20(29-12-26-28-21(17)29)7-4-14-15-8-9-31-19(15)6-5-18(14)23/h5-6,10-12H,3-4,7-9H2,1-2H3. The van der Waals surface area contributed by atoms with E-state index in [1.807, 2.05) is 18.2 Å². The topological polar surface area (TPSA) is 87.3 Å². The fourth-order valence-electron chi connectivity index (χ4n) is 3.97. The first-order valence-electron chi connectivity index (χ1n) is 10.2. The maximum absolute atomic E-state index is 14.5. The van der Waals surface area contributed by atoms with Crippen molar-refractivity contribution in [3.63, 3.8) is 0 Å². The summed E-state index contributed by atoms with van der Waals surface area (Å²) in [6.07, 6.45) is 6.88. The number of nitrogens with zero attached hydrogens (tertiary/aromatic N) is 6. The molecule has 0 aliphatic carbocycles. The van der Waals surface area contributed by atoms with Crippen molar-refractivity contribution in [3.05, 3.63) is 59.3 Å². The summed E-state index contributed by atoms with van der Waals surface area (Å²) < 4.78 is 27.3. The Labute approximate surface area is 178 Å². The molecule has 4 heterocycles. The van der Waals surface area contributed by atoms with Gasteiger partial charge in [-0.15, -0.1) is 10.2 Å². The Morgan fingerprint density at radius 2 is 2.03 bits per heavy atom. The van der Waals surface area contributed by atoms with Crippen LogP contribution in [0.5, 0.6) is 11.8 Å². The zero-order chi connectivity index (χ0) is 21.4. The lowest BCUT2D eigenvalue weighted by atomic mass is 10.00. The van der Waals surface area contributed by atoms with E-state index in [0.29, 0.717) is 43.3 Å². The van der Waals surface area contributed by atoms with E-state index in [0.717, 1.165) is 40.4 Å². The van der Waals surface area contributed by atoms with E-state index in [-0.39, 0.29) is 5.82 Å². The van der Waals surface area contributed by atoms with Gasteiger partial charge in [-0.2, -0.15) is 4.98 Å². The molecule has 0 bridgehead atoms. The molecule has 0 unspecified atom stereocenters. The van der Waals surface area contributed by atoms with Crippen molar-refractivity contribution in [2.45, 2.75) is 33.1 Å². The fraction of sp³-hybridized carbons (Fsp3) is 0.318. The summed E-state index contributed by atoms with van der Waals surface area (Å²) in [6, 6.07) is 3.51. The van der Waals surface area contributed by atoms with Crippen LogP contribution in [0.2, 0.25) is 0 Å². The second kappa shape index (κ2) is 7.90. The third-order valence-electron chi connectivity index (χ3n) is 5.47. The largest absolute Gasteiger partial charge is 0.493 e. The van der Waals surface area contributed by atoms with Crippen molar-refractivity contribution in [1.82, 2.24) is 29.5 Å². The van der Waals surface area contributed by atoms with Gasteiger partial charge in [-0.05, 0) is 38.0 Å². The van der Waals surface area contributed by atoms with Crippen LogP contribution in [-0.2, 0) is 19.3 Å². The second-order valence-electron chi connectivity index (χ2n) is 7.30. The van der Waals surface area contributed by atoms with Crippen LogP contribution < -0.4 is 9.47 Å². The summed E-state index contributed by atoms with van der Waals surface area (Å²) in [5, 5.41) is 8.35. The highest BCUT2D eigenvalue weighted by atomic mass is 19.1. The summed E-state index contributed by atoms with van der Waals surface area (Å²) >= 11 is 0. The van der Waals surface area contributed by atoms with Gasteiger partial charge in [0.1, 0.15) is 23.7 Å². The zero-order valence-electron chi connectivity index (χ0n) is 17.3. The molecule has 31 heavy (non-hydrogen) atoms. The quantitative estimate of drug-likeness (QED) is 0.473. The normalized spacial score (nSPS) is 12.7. The van der Waals surface area contributed by atoms with Crippen molar-refractivity contribution in [1.29, 1.82) is 0 Å². The Morgan fingerprint density at radius 1 is 1.16 bits per heavy atom. The summed E-state index contributed by atoms with van der Waals surface area (Å²) in [5.41, 5.74) is 4.66. The third kappa shape index (κ3) is 3.45. The van der Waals surface area contributed by atoms with Crippen LogP contribution in [0.1, 0.15) is 29.6 Å². The average Bonchev–Trinajstić information content (AvgIpc) is 3.43. The van der Waals surface area contributed by atoms with E-state index >= 15 is 0 Å². The van der Waals surface area contributed by atoms with Crippen LogP contribution in [0.3, 0.4) is 0 Å². The first-order valence-corrected chi connectivity index (χ1v) is 10.2. The fourth-order valence-corrected chi connectivity index (χ4v) is 3.97. The molecule has 5 rings (SSSR count). The maximum Gasteiger partial charge on any atom is 0.316 e. The van der Waals surface area contributed by atoms with Gasteiger partial charge < -0.3 is 9.47 Å². The van der Waals surface area contributed by atoms with E-state index in [1.165, 1.54) is 6.07 Å². The van der Waals surface area contributed by atoms with Crippen molar-refractivity contribution < 1.29 is 13.9 Å². The Balaban J connectivity index is 1.47. The first-order chi connectivity index (χ1) is 15.2. The van der Waals surface area contributed by atoms with Gasteiger partial charge >= 0.3 is 6.01 Å². The van der Waals surface area contributed by atoms with E-state index in [4.69, 9.17) is 9.47 Å². The molecular weight excluding hydrogens is 399 g/mol. The van der Waals surface area contributed by atoms with Crippen LogP contribution in [-0.4, -0.2) is 42.8 Å². The molecule has 0 spiro atoms. The van der Waals surface area contributed by atoms with Gasteiger partial charge in [-0.3, -0.25) is 4.40 Å². The Morgan fingerprint density at radius 3 is 2.87 bits per heavy atom. The second-order valence-corrected chi connectivity index (χ2v) is 7.30. The Hall–Kier alpha value is -3.62. The zero-order valence-corrected chi connectivity index (χ0v) is 17.3. The number of hydrogen-bond acceptors (Lipinski definition) is 7. The number of ether oxygens (including phenoxy) is 2. The van der Waals surface area contributed by atoms with E-state index in [2.05, 4.69) is 25.1 Å². The van der Waals surface area contributed by atoms with Crippen LogP contribution in [0, 0.1) is 12.7 Å². The molecule has 0 radical (unpaired) electrons. The van der Waals surface area contributed by atoms with Gasteiger partial charge in [0.05, 0.1) is 18.9 Å². The maximum atomic E-state index is 14.5. The molecule has 0 fully saturated rings. The third-order valence-corrected chi connectivity index (χ3v) is 5.47. The molecule has 0 saturated carbocycles. The molecular formula is C22H21FN6O2. The Kier molecular flexibility index (Phi) is 4.93. The van der Waals surface area contributed by atoms with Crippen LogP contribution in [0.4, 0.5) is 4.39 Å². The molecule has 1 aliphatic heterocycles. The predicted octanol–water partition coefficient (Wildman–Crippen LogP) is 3.15. The number of benzene rings is 1. The van der Waals surface area contributed by atoms with Crippen LogP contribution in [0.15, 0.2) is 30.9 Å². The van der Waals surface area contributed by atoms with Gasteiger partial charge in [0.25, 0.3) is 0 Å². The summed E-state index contributed by atoms with van der Waals surface area (Å²) in [6.45, 7) is 4.87. The molecule has 0 saturated heterocycles. The van der Waals surface area contributed by atoms with Gasteiger partial charge in [-0.25, -0.2) is 14.4 Å². The number of aromatic nitrogens is 6. The molecule has 1 aromatic carbocycles. The van der Waals surface area contributed by atoms with Crippen molar-refractivity contribution >= 4 is 5.65 Å². The number of hydrogen-bond donors (Lipinski definition) is 0. The summed E-state index contributed by atoms with van der Waals surface area (Å²) in [5.74, 6) is 1.33. The minimum atomic E-state index is -0.206. The highest BCUT2D eigenvalue weighted by molar-refractivity contribution is 5.77. The Bertz CT molecular complexity index is 1270. The predicted molar refractivity (Wildman–Crippen MR) is 111 cm³/mol. The van der Waals surface area contributed by atoms with Crippen molar-refractivity contribution in [2.75, 3.05) is 13.2 Å². The summed E-state index contributed by atoms with van der Waals surface area (Å²) in [7, 11) is 0. The number of aryl methyl sites for hydroxylation is 2. The van der Waals surface area contributed by atoms with Crippen molar-refractivity contribution in [3.8, 4) is 22.9 Å². The first kappa shape index (κ1) is 19.3. The minimum Gasteiger partial charge on any atom is -0.493 e. The minimum absolute atomic E-state index is 0.206. The van der Waals surface area contributed by atoms with E-state index in [9.17, 15) is 4.39 Å². The lowest BCUT2D eigenvalue weighted by molar-refractivity contribution is 0.312. The molecule has 0 atom stereocenters. The molecule has 4 aromatic rings. The average molecular weight is 420 g/mol. The summed E-state index contributed by atoms with van der Waals surface area (Å²) in [4.78, 5) is 13.3. The van der Waals surface area contributed by atoms with E-state index < -0.39 is 0 Å². The lowest BCUT2D eigenvalue weighted by Crippen LogP contribution is -2.07. The highest BCUT2D eigenvalue weighted by Crippen LogP contribution is 2.31. The number of rotatable bonds is 6. The highest BCUT2D eigenvalue weighted by Gasteiger charge is 2.20. The number of fused-ring (bicyclic) bond motifs is 2. The van der Waals surface area contributed by atoms with E-state index in [1.54, 1.807) is 24.8 Å². The molecule has 0 amide bonds. The number of halogens is 1. The van der Waals surface area contributed by atoms with Crippen LogP contribution >= 0.6 is 0 Å². The molecule has 8 nitrogen and oxygen atoms in total. The van der Waals surface area contributed by atoms with Crippen molar-refractivity contribution in [2.24, 2.45) is 0 Å². The molecule has 0 N–H and O–H groups in total. The lowest BCUT2D eigenvalue weighted by Gasteiger charge is -2.11. The monoisotopic (exact) mass is 420 g/mol.